The molecule has 0 spiro atoms. The summed E-state index contributed by atoms with van der Waals surface area (Å²) in [5.74, 6) is 0. The number of nitrogens with two attached hydrogens (primary N) is 1. The Balaban J connectivity index is 1.88. The second-order valence-electron chi connectivity index (χ2n) is 3.15. The molecule has 0 aliphatic heterocycles. The first-order valence-electron chi connectivity index (χ1n) is 4.40. The maximum absolute atomic E-state index is 10.2. The first-order valence-corrected chi connectivity index (χ1v) is 4.40. The van der Waals surface area contributed by atoms with Crippen molar-refractivity contribution in [2.45, 2.75) is 25.0 Å². The molecule has 1 saturated carbocycles. The van der Waals surface area contributed by atoms with E-state index in [0.717, 1.165) is 12.8 Å². The molecule has 0 unspecified atom stereocenters. The lowest BCUT2D eigenvalue weighted by molar-refractivity contribution is 0.0162. The van der Waals surface area contributed by atoms with Gasteiger partial charge in [-0.05, 0) is 12.8 Å². The molecule has 0 aromatic rings. The molecule has 0 radical (unpaired) electrons. The molecular weight excluding hydrogens is 172 g/mol. The molecule has 1 rings (SSSR count). The smallest absolute Gasteiger partial charge is 0.404 e. The summed E-state index contributed by atoms with van der Waals surface area (Å²) in [5, 5.41) is 3.23. The van der Waals surface area contributed by atoms with E-state index in [2.05, 4.69) is 10.1 Å². The standard InChI is InChI=1S/C8H16N2O3/c1-12-7-4-6(5-7)10-2-3-13-8(9)11/h6-7,10H,2-5H2,1H3,(H2,9,11). The molecule has 0 aromatic carbocycles. The average Bonchev–Trinajstić information content (AvgIpc) is 2.00. The van der Waals surface area contributed by atoms with Crippen molar-refractivity contribution in [3.05, 3.63) is 0 Å². The first kappa shape index (κ1) is 10.3. The van der Waals surface area contributed by atoms with Gasteiger partial charge < -0.3 is 20.5 Å². The van der Waals surface area contributed by atoms with Crippen LogP contribution in [0.5, 0.6) is 0 Å². The summed E-state index contributed by atoms with van der Waals surface area (Å²) in [6.45, 7) is 0.994. The second kappa shape index (κ2) is 5.04. The molecule has 0 aromatic heterocycles. The summed E-state index contributed by atoms with van der Waals surface area (Å²) >= 11 is 0. The fourth-order valence-electron chi connectivity index (χ4n) is 1.34. The number of rotatable bonds is 5. The largest absolute Gasteiger partial charge is 0.448 e. The highest BCUT2D eigenvalue weighted by Crippen LogP contribution is 2.21. The maximum atomic E-state index is 10.2. The number of hydrogen-bond acceptors (Lipinski definition) is 4. The Kier molecular flexibility index (Phi) is 3.98. The van der Waals surface area contributed by atoms with Crippen molar-refractivity contribution in [3.63, 3.8) is 0 Å². The van der Waals surface area contributed by atoms with E-state index in [4.69, 9.17) is 10.5 Å². The summed E-state index contributed by atoms with van der Waals surface area (Å²) in [4.78, 5) is 10.2. The molecule has 1 amide bonds. The van der Waals surface area contributed by atoms with Gasteiger partial charge in [0.15, 0.2) is 0 Å². The number of hydrogen-bond donors (Lipinski definition) is 2. The third-order valence-electron chi connectivity index (χ3n) is 2.21. The molecule has 5 heteroatoms. The third kappa shape index (κ3) is 3.61. The Hall–Kier alpha value is -0.810. The first-order chi connectivity index (χ1) is 6.22. The Morgan fingerprint density at radius 2 is 2.31 bits per heavy atom. The van der Waals surface area contributed by atoms with Crippen LogP contribution in [0.15, 0.2) is 0 Å². The van der Waals surface area contributed by atoms with Crippen LogP contribution >= 0.6 is 0 Å². The summed E-state index contributed by atoms with van der Waals surface area (Å²) < 4.78 is 9.67. The van der Waals surface area contributed by atoms with Gasteiger partial charge in [0.05, 0.1) is 6.10 Å². The Labute approximate surface area is 77.6 Å². The molecule has 0 heterocycles. The zero-order chi connectivity index (χ0) is 9.68. The fraction of sp³-hybridized carbons (Fsp3) is 0.875. The van der Waals surface area contributed by atoms with Crippen molar-refractivity contribution < 1.29 is 14.3 Å². The molecule has 0 bridgehead atoms. The summed E-state index contributed by atoms with van der Waals surface area (Å²) in [5.41, 5.74) is 4.79. The van der Waals surface area contributed by atoms with Gasteiger partial charge in [-0.15, -0.1) is 0 Å². The Morgan fingerprint density at radius 1 is 1.62 bits per heavy atom. The Morgan fingerprint density at radius 3 is 2.85 bits per heavy atom. The molecule has 3 N–H and O–H groups in total. The van der Waals surface area contributed by atoms with Gasteiger partial charge in [-0.25, -0.2) is 4.79 Å². The van der Waals surface area contributed by atoms with Crippen LogP contribution in [0.3, 0.4) is 0 Å². The van der Waals surface area contributed by atoms with Crippen molar-refractivity contribution in [2.75, 3.05) is 20.3 Å². The highest BCUT2D eigenvalue weighted by Gasteiger charge is 2.27. The van der Waals surface area contributed by atoms with Crippen molar-refractivity contribution in [2.24, 2.45) is 5.73 Å². The number of carbonyl (C=O) groups is 1. The van der Waals surface area contributed by atoms with Crippen molar-refractivity contribution in [1.82, 2.24) is 5.32 Å². The van der Waals surface area contributed by atoms with Gasteiger partial charge in [-0.1, -0.05) is 0 Å². The van der Waals surface area contributed by atoms with E-state index >= 15 is 0 Å². The highest BCUT2D eigenvalue weighted by molar-refractivity contribution is 5.64. The summed E-state index contributed by atoms with van der Waals surface area (Å²) in [6.07, 6.45) is 1.75. The SMILES string of the molecule is COC1CC(NCCOC(N)=O)C1. The zero-order valence-corrected chi connectivity index (χ0v) is 7.79. The molecule has 1 aliphatic carbocycles. The predicted molar refractivity (Wildman–Crippen MR) is 47.4 cm³/mol. The number of nitrogens with one attached hydrogen (secondary N) is 1. The third-order valence-corrected chi connectivity index (χ3v) is 2.21. The van der Waals surface area contributed by atoms with Crippen molar-refractivity contribution >= 4 is 6.09 Å². The summed E-state index contributed by atoms with van der Waals surface area (Å²) in [6, 6.07) is 0.501. The quantitative estimate of drug-likeness (QED) is 0.588. The molecule has 5 nitrogen and oxygen atoms in total. The number of methoxy groups -OCH3 is 1. The van der Waals surface area contributed by atoms with Gasteiger partial charge in [0.1, 0.15) is 6.61 Å². The molecule has 1 fully saturated rings. The molecular formula is C8H16N2O3. The molecule has 76 valence electrons. The van der Waals surface area contributed by atoms with E-state index in [9.17, 15) is 4.79 Å². The summed E-state index contributed by atoms with van der Waals surface area (Å²) in [7, 11) is 1.72. The van der Waals surface area contributed by atoms with Crippen LogP contribution in [0.4, 0.5) is 4.79 Å². The van der Waals surface area contributed by atoms with Gasteiger partial charge in [0.25, 0.3) is 0 Å². The van der Waals surface area contributed by atoms with Crippen LogP contribution in [-0.2, 0) is 9.47 Å². The molecule has 13 heavy (non-hydrogen) atoms. The normalized spacial score (nSPS) is 26.5. The second-order valence-corrected chi connectivity index (χ2v) is 3.15. The van der Waals surface area contributed by atoms with E-state index < -0.39 is 6.09 Å². The van der Waals surface area contributed by atoms with Crippen LogP contribution < -0.4 is 11.1 Å². The van der Waals surface area contributed by atoms with Gasteiger partial charge in [-0.3, -0.25) is 0 Å². The number of carbonyl (C=O) groups excluding carboxylic acids is 1. The Bertz CT molecular complexity index is 169. The van der Waals surface area contributed by atoms with E-state index in [-0.39, 0.29) is 0 Å². The zero-order valence-electron chi connectivity index (χ0n) is 7.79. The van der Waals surface area contributed by atoms with E-state index in [0.29, 0.717) is 25.3 Å². The maximum Gasteiger partial charge on any atom is 0.404 e. The average molecular weight is 188 g/mol. The minimum atomic E-state index is -0.717. The number of ether oxygens (including phenoxy) is 2. The van der Waals surface area contributed by atoms with E-state index in [1.165, 1.54) is 0 Å². The number of primary amides is 1. The van der Waals surface area contributed by atoms with Crippen LogP contribution in [-0.4, -0.2) is 38.5 Å². The van der Waals surface area contributed by atoms with E-state index in [1.54, 1.807) is 7.11 Å². The van der Waals surface area contributed by atoms with Crippen molar-refractivity contribution in [3.8, 4) is 0 Å². The topological polar surface area (TPSA) is 73.6 Å². The molecule has 1 aliphatic rings. The highest BCUT2D eigenvalue weighted by atomic mass is 16.5. The van der Waals surface area contributed by atoms with Crippen LogP contribution in [0.1, 0.15) is 12.8 Å². The monoisotopic (exact) mass is 188 g/mol. The van der Waals surface area contributed by atoms with Gasteiger partial charge in [0, 0.05) is 19.7 Å². The lowest BCUT2D eigenvalue weighted by atomic mass is 9.89. The predicted octanol–water partition coefficient (Wildman–Crippen LogP) is -0.151. The fourth-order valence-corrected chi connectivity index (χ4v) is 1.34. The lowest BCUT2D eigenvalue weighted by Gasteiger charge is -2.34. The van der Waals surface area contributed by atoms with E-state index in [1.807, 2.05) is 0 Å². The minimum absolute atomic E-state index is 0.337. The van der Waals surface area contributed by atoms with Crippen LogP contribution in [0, 0.1) is 0 Å². The number of amides is 1. The van der Waals surface area contributed by atoms with Gasteiger partial charge >= 0.3 is 6.09 Å². The van der Waals surface area contributed by atoms with Gasteiger partial charge in [-0.2, -0.15) is 0 Å². The minimum Gasteiger partial charge on any atom is -0.448 e. The van der Waals surface area contributed by atoms with Crippen molar-refractivity contribution in [1.29, 1.82) is 0 Å². The molecule has 0 atom stereocenters. The molecule has 0 saturated heterocycles. The van der Waals surface area contributed by atoms with Crippen LogP contribution in [0.2, 0.25) is 0 Å². The van der Waals surface area contributed by atoms with Crippen LogP contribution in [0.25, 0.3) is 0 Å². The van der Waals surface area contributed by atoms with Gasteiger partial charge in [0.2, 0.25) is 0 Å². The lowest BCUT2D eigenvalue weighted by Crippen LogP contribution is -2.46.